The fourth-order valence-corrected chi connectivity index (χ4v) is 1.04. The Morgan fingerprint density at radius 3 is 2.25 bits per heavy atom. The highest BCUT2D eigenvalue weighted by Gasteiger charge is 1.92. The first-order valence-electron chi connectivity index (χ1n) is 5.49. The molecular weight excluding hydrogens is 204 g/mol. The fraction of sp³-hybridized carbons (Fsp3) is 0.385. The number of aliphatic hydroxyl groups is 3. The molecule has 0 amide bonds. The summed E-state index contributed by atoms with van der Waals surface area (Å²) in [6, 6.07) is 0. The second-order valence-electron chi connectivity index (χ2n) is 3.38. The summed E-state index contributed by atoms with van der Waals surface area (Å²) in [4.78, 5) is 0. The van der Waals surface area contributed by atoms with Crippen LogP contribution in [0.2, 0.25) is 0 Å². The van der Waals surface area contributed by atoms with E-state index in [1.807, 2.05) is 12.2 Å². The minimum absolute atomic E-state index is 0.545. The van der Waals surface area contributed by atoms with Crippen LogP contribution in [0.4, 0.5) is 0 Å². The van der Waals surface area contributed by atoms with Crippen molar-refractivity contribution >= 4 is 0 Å². The molecule has 0 aromatic rings. The van der Waals surface area contributed by atoms with E-state index >= 15 is 0 Å². The van der Waals surface area contributed by atoms with Crippen LogP contribution in [0.1, 0.15) is 32.6 Å². The molecule has 0 spiro atoms. The van der Waals surface area contributed by atoms with Gasteiger partial charge in [-0.1, -0.05) is 50.1 Å². The van der Waals surface area contributed by atoms with Crippen molar-refractivity contribution in [2.45, 2.75) is 32.6 Å². The van der Waals surface area contributed by atoms with Gasteiger partial charge < -0.3 is 15.3 Å². The van der Waals surface area contributed by atoms with Gasteiger partial charge in [0.2, 0.25) is 0 Å². The number of allylic oxidation sites excluding steroid dienone is 6. The minimum Gasteiger partial charge on any atom is -0.502 e. The maximum absolute atomic E-state index is 8.87. The molecule has 0 aliphatic carbocycles. The smallest absolute Gasteiger partial charge is 0.318 e. The highest BCUT2D eigenvalue weighted by Crippen LogP contribution is 1.99. The molecule has 3 nitrogen and oxygen atoms in total. The van der Waals surface area contributed by atoms with E-state index in [1.54, 1.807) is 6.08 Å². The van der Waals surface area contributed by atoms with Gasteiger partial charge >= 0.3 is 5.95 Å². The van der Waals surface area contributed by atoms with Crippen LogP contribution in [0.3, 0.4) is 0 Å². The molecule has 0 aromatic carbocycles. The monoisotopic (exact) mass is 224 g/mol. The van der Waals surface area contributed by atoms with Crippen LogP contribution < -0.4 is 0 Å². The van der Waals surface area contributed by atoms with E-state index in [9.17, 15) is 0 Å². The van der Waals surface area contributed by atoms with Crippen LogP contribution in [0.15, 0.2) is 48.2 Å². The number of aliphatic hydroxyl groups excluding tert-OH is 2. The Bertz CT molecular complexity index is 282. The van der Waals surface area contributed by atoms with Crippen LogP contribution in [0.25, 0.3) is 0 Å². The molecule has 0 rings (SSSR count). The van der Waals surface area contributed by atoms with E-state index in [4.69, 9.17) is 15.3 Å². The lowest BCUT2D eigenvalue weighted by atomic mass is 10.2. The van der Waals surface area contributed by atoms with Crippen LogP contribution in [0.5, 0.6) is 0 Å². The average Bonchev–Trinajstić information content (AvgIpc) is 2.26. The molecule has 0 aliphatic rings. The Labute approximate surface area is 96.7 Å². The van der Waals surface area contributed by atoms with Crippen LogP contribution in [0, 0.1) is 0 Å². The zero-order valence-electron chi connectivity index (χ0n) is 9.63. The predicted molar refractivity (Wildman–Crippen MR) is 66.5 cm³/mol. The zero-order valence-corrected chi connectivity index (χ0v) is 9.63. The first kappa shape index (κ1) is 14.4. The molecule has 16 heavy (non-hydrogen) atoms. The van der Waals surface area contributed by atoms with Gasteiger partial charge in [0.15, 0.2) is 5.76 Å². The van der Waals surface area contributed by atoms with Crippen molar-refractivity contribution in [2.75, 3.05) is 0 Å². The predicted octanol–water partition coefficient (Wildman–Crippen LogP) is 4.08. The molecular formula is C13H20O3. The summed E-state index contributed by atoms with van der Waals surface area (Å²) in [5.74, 6) is -1.61. The molecule has 0 saturated heterocycles. The summed E-state index contributed by atoms with van der Waals surface area (Å²) in [7, 11) is 0. The van der Waals surface area contributed by atoms with Gasteiger partial charge in [0.1, 0.15) is 0 Å². The van der Waals surface area contributed by atoms with Crippen LogP contribution in [-0.2, 0) is 0 Å². The Balaban J connectivity index is 3.73. The zero-order chi connectivity index (χ0) is 12.2. The molecule has 0 fully saturated rings. The van der Waals surface area contributed by atoms with E-state index in [0.29, 0.717) is 0 Å². The molecule has 0 saturated carbocycles. The summed E-state index contributed by atoms with van der Waals surface area (Å²) in [5.41, 5.74) is 0. The van der Waals surface area contributed by atoms with E-state index < -0.39 is 11.7 Å². The lowest BCUT2D eigenvalue weighted by Gasteiger charge is -1.90. The third-order valence-electron chi connectivity index (χ3n) is 1.93. The Morgan fingerprint density at radius 2 is 1.62 bits per heavy atom. The summed E-state index contributed by atoms with van der Waals surface area (Å²) >= 11 is 0. The maximum Gasteiger partial charge on any atom is 0.318 e. The van der Waals surface area contributed by atoms with E-state index in [-0.39, 0.29) is 0 Å². The van der Waals surface area contributed by atoms with Gasteiger partial charge in [0, 0.05) is 0 Å². The van der Waals surface area contributed by atoms with Crippen molar-refractivity contribution in [3.8, 4) is 0 Å². The van der Waals surface area contributed by atoms with E-state index in [0.717, 1.165) is 6.42 Å². The lowest BCUT2D eigenvalue weighted by Crippen LogP contribution is -1.83. The number of rotatable bonds is 7. The van der Waals surface area contributed by atoms with Crippen molar-refractivity contribution in [3.63, 3.8) is 0 Å². The SMILES string of the molecule is CCCCCC=CC=CC=CC(O)=C(O)O. The van der Waals surface area contributed by atoms with E-state index in [2.05, 4.69) is 13.0 Å². The number of unbranched alkanes of at least 4 members (excludes halogenated alkanes) is 3. The molecule has 0 aromatic heterocycles. The molecule has 0 radical (unpaired) electrons. The van der Waals surface area contributed by atoms with E-state index in [1.165, 1.54) is 31.4 Å². The molecule has 0 atom stereocenters. The molecule has 0 aliphatic heterocycles. The van der Waals surface area contributed by atoms with Crippen molar-refractivity contribution in [1.82, 2.24) is 0 Å². The Kier molecular flexibility index (Phi) is 8.88. The highest BCUT2D eigenvalue weighted by atomic mass is 16.5. The molecule has 0 unspecified atom stereocenters. The van der Waals surface area contributed by atoms with Crippen LogP contribution in [-0.4, -0.2) is 15.3 Å². The third kappa shape index (κ3) is 8.94. The van der Waals surface area contributed by atoms with Crippen molar-refractivity contribution < 1.29 is 15.3 Å². The number of hydrogen-bond donors (Lipinski definition) is 3. The van der Waals surface area contributed by atoms with Crippen molar-refractivity contribution in [2.24, 2.45) is 0 Å². The average molecular weight is 224 g/mol. The molecule has 3 heteroatoms. The fourth-order valence-electron chi connectivity index (χ4n) is 1.04. The minimum atomic E-state index is -1.07. The lowest BCUT2D eigenvalue weighted by molar-refractivity contribution is 0.163. The summed E-state index contributed by atoms with van der Waals surface area (Å²) in [6.07, 6.45) is 15.0. The molecule has 0 bridgehead atoms. The highest BCUT2D eigenvalue weighted by molar-refractivity contribution is 5.18. The van der Waals surface area contributed by atoms with Gasteiger partial charge in [0.05, 0.1) is 0 Å². The molecule has 0 heterocycles. The van der Waals surface area contributed by atoms with Gasteiger partial charge in [-0.05, 0) is 18.9 Å². The van der Waals surface area contributed by atoms with Gasteiger partial charge in [-0.25, -0.2) is 0 Å². The van der Waals surface area contributed by atoms with Crippen molar-refractivity contribution in [1.29, 1.82) is 0 Å². The second kappa shape index (κ2) is 9.90. The third-order valence-corrected chi connectivity index (χ3v) is 1.93. The van der Waals surface area contributed by atoms with Gasteiger partial charge in [-0.15, -0.1) is 0 Å². The Hall–Kier alpha value is -1.64. The largest absolute Gasteiger partial charge is 0.502 e. The summed E-state index contributed by atoms with van der Waals surface area (Å²) < 4.78 is 0. The van der Waals surface area contributed by atoms with Gasteiger partial charge in [-0.3, -0.25) is 0 Å². The number of hydrogen-bond acceptors (Lipinski definition) is 3. The normalized spacial score (nSPS) is 11.8. The first-order chi connectivity index (χ1) is 7.68. The van der Waals surface area contributed by atoms with Crippen molar-refractivity contribution in [3.05, 3.63) is 48.2 Å². The van der Waals surface area contributed by atoms with Gasteiger partial charge in [0.25, 0.3) is 0 Å². The maximum atomic E-state index is 8.87. The Morgan fingerprint density at radius 1 is 0.938 bits per heavy atom. The topological polar surface area (TPSA) is 60.7 Å². The first-order valence-corrected chi connectivity index (χ1v) is 5.49. The van der Waals surface area contributed by atoms with Gasteiger partial charge in [-0.2, -0.15) is 0 Å². The standard InChI is InChI=1S/C13H20O3/c1-2-3-4-5-6-7-8-9-10-11-12(14)13(15)16/h6-11,14-16H,2-5H2,1H3. The van der Waals surface area contributed by atoms with Crippen LogP contribution >= 0.6 is 0 Å². The summed E-state index contributed by atoms with van der Waals surface area (Å²) in [6.45, 7) is 2.17. The molecule has 3 N–H and O–H groups in total. The quantitative estimate of drug-likeness (QED) is 0.347. The molecule has 90 valence electrons. The second-order valence-corrected chi connectivity index (χ2v) is 3.38. The summed E-state index contributed by atoms with van der Waals surface area (Å²) in [5, 5.41) is 25.7.